The van der Waals surface area contributed by atoms with Crippen molar-refractivity contribution in [1.82, 2.24) is 0 Å². The zero-order valence-electron chi connectivity index (χ0n) is 8.59. The van der Waals surface area contributed by atoms with E-state index in [0.717, 1.165) is 6.04 Å². The number of hydrogen-bond donors (Lipinski definition) is 2. The lowest BCUT2D eigenvalue weighted by molar-refractivity contribution is 0.274. The first-order valence-electron chi connectivity index (χ1n) is 4.27. The smallest absolute Gasteiger partial charge is 0.428 e. The first-order chi connectivity index (χ1) is 5.23. The van der Waals surface area contributed by atoms with Gasteiger partial charge < -0.3 is 14.4 Å². The summed E-state index contributed by atoms with van der Waals surface area (Å²) in [6.45, 7) is 10.3. The van der Waals surface area contributed by atoms with Gasteiger partial charge in [0, 0.05) is 0 Å². The molecule has 1 unspecified atom stereocenters. The van der Waals surface area contributed by atoms with Crippen LogP contribution in [0.15, 0.2) is 0 Å². The molecular formula is C7H19BO3Si. The second-order valence-electron chi connectivity index (χ2n) is 4.28. The predicted octanol–water partition coefficient (Wildman–Crippen LogP) is 1.37. The van der Waals surface area contributed by atoms with Crippen molar-refractivity contribution < 1.29 is 14.4 Å². The molecule has 0 heterocycles. The summed E-state index contributed by atoms with van der Waals surface area (Å²) in [5.41, 5.74) is 0. The van der Waals surface area contributed by atoms with Crippen LogP contribution in [0, 0.1) is 0 Å². The summed E-state index contributed by atoms with van der Waals surface area (Å²) in [6.07, 6.45) is 0. The fourth-order valence-electron chi connectivity index (χ4n) is 1.02. The molecule has 1 atom stereocenters. The van der Waals surface area contributed by atoms with Gasteiger partial charge in [-0.05, 0) is 17.6 Å². The molecule has 72 valence electrons. The molecular weight excluding hydrogens is 171 g/mol. The maximum Gasteiger partial charge on any atom is 0.623 e. The molecule has 0 aliphatic carbocycles. The molecule has 0 saturated heterocycles. The minimum atomic E-state index is -1.99. The third kappa shape index (κ3) is 2.90. The summed E-state index contributed by atoms with van der Waals surface area (Å²) in [5.74, 6) is 0. The van der Waals surface area contributed by atoms with Gasteiger partial charge in [0.05, 0.1) is 0 Å². The Morgan fingerprint density at radius 3 is 1.83 bits per heavy atom. The lowest BCUT2D eigenvalue weighted by atomic mass is 10.2. The molecule has 2 N–H and O–H groups in total. The topological polar surface area (TPSA) is 49.7 Å². The van der Waals surface area contributed by atoms with E-state index in [1.807, 2.05) is 13.5 Å². The van der Waals surface area contributed by atoms with Crippen LogP contribution in [0.5, 0.6) is 0 Å². The lowest BCUT2D eigenvalue weighted by Crippen LogP contribution is -2.47. The molecule has 0 aliphatic rings. The third-order valence-electron chi connectivity index (χ3n) is 2.63. The van der Waals surface area contributed by atoms with Crippen molar-refractivity contribution in [1.29, 1.82) is 0 Å². The van der Waals surface area contributed by atoms with Crippen molar-refractivity contribution in [3.05, 3.63) is 0 Å². The van der Waals surface area contributed by atoms with Crippen molar-refractivity contribution in [2.75, 3.05) is 0 Å². The molecule has 5 heteroatoms. The van der Waals surface area contributed by atoms with Gasteiger partial charge in [0.1, 0.15) is 0 Å². The average molecular weight is 190 g/mol. The molecule has 0 aromatic rings. The van der Waals surface area contributed by atoms with Gasteiger partial charge in [-0.15, -0.1) is 0 Å². The van der Waals surface area contributed by atoms with Crippen molar-refractivity contribution >= 4 is 15.6 Å². The highest BCUT2D eigenvalue weighted by molar-refractivity contribution is 6.79. The van der Waals surface area contributed by atoms with E-state index in [1.54, 1.807) is 0 Å². The third-order valence-corrected chi connectivity index (χ3v) is 7.88. The molecule has 0 rings (SSSR count). The molecule has 0 aromatic heterocycles. The number of hydrogen-bond acceptors (Lipinski definition) is 3. The summed E-state index contributed by atoms with van der Waals surface area (Å²) < 4.78 is 5.20. The molecule has 0 fully saturated rings. The number of rotatable bonds is 3. The van der Waals surface area contributed by atoms with Gasteiger partial charge in [0.15, 0.2) is 8.32 Å². The van der Waals surface area contributed by atoms with Gasteiger partial charge in [-0.1, -0.05) is 27.7 Å². The van der Waals surface area contributed by atoms with E-state index in [1.165, 1.54) is 0 Å². The maximum atomic E-state index is 8.75. The highest BCUT2D eigenvalue weighted by Crippen LogP contribution is 2.39. The monoisotopic (exact) mass is 190 g/mol. The Kier molecular flexibility index (Phi) is 3.97. The first-order valence-corrected chi connectivity index (χ1v) is 6.88. The highest BCUT2D eigenvalue weighted by Gasteiger charge is 2.42. The van der Waals surface area contributed by atoms with Crippen LogP contribution in [-0.2, 0) is 4.34 Å². The van der Waals surface area contributed by atoms with Gasteiger partial charge in [0.25, 0.3) is 0 Å². The Hall–Kier alpha value is 0.162. The van der Waals surface area contributed by atoms with Crippen LogP contribution in [0.1, 0.15) is 27.7 Å². The fourth-order valence-corrected chi connectivity index (χ4v) is 3.07. The second kappa shape index (κ2) is 3.91. The van der Waals surface area contributed by atoms with Gasteiger partial charge in [-0.3, -0.25) is 0 Å². The van der Waals surface area contributed by atoms with Gasteiger partial charge in [0.2, 0.25) is 0 Å². The Bertz CT molecular complexity index is 146. The SMILES string of the molecule is CC[Si](C)(OB(O)O)C(C)(C)C. The van der Waals surface area contributed by atoms with E-state index in [9.17, 15) is 0 Å². The maximum absolute atomic E-state index is 8.75. The van der Waals surface area contributed by atoms with Crippen molar-refractivity contribution in [2.24, 2.45) is 0 Å². The Morgan fingerprint density at radius 2 is 1.75 bits per heavy atom. The molecule has 12 heavy (non-hydrogen) atoms. The van der Waals surface area contributed by atoms with E-state index in [2.05, 4.69) is 20.8 Å². The van der Waals surface area contributed by atoms with Crippen LogP contribution in [0.4, 0.5) is 0 Å². The van der Waals surface area contributed by atoms with Gasteiger partial charge in [-0.2, -0.15) is 0 Å². The summed E-state index contributed by atoms with van der Waals surface area (Å²) in [7, 11) is -3.61. The second-order valence-corrected chi connectivity index (χ2v) is 9.18. The molecule has 0 bridgehead atoms. The van der Waals surface area contributed by atoms with Crippen LogP contribution in [0.3, 0.4) is 0 Å². The van der Waals surface area contributed by atoms with Crippen molar-refractivity contribution in [3.8, 4) is 0 Å². The van der Waals surface area contributed by atoms with Crippen LogP contribution in [-0.4, -0.2) is 25.7 Å². The molecule has 0 amide bonds. The minimum absolute atomic E-state index is 0.0332. The van der Waals surface area contributed by atoms with Crippen molar-refractivity contribution in [3.63, 3.8) is 0 Å². The Balaban J connectivity index is 4.46. The van der Waals surface area contributed by atoms with Crippen molar-refractivity contribution in [2.45, 2.75) is 45.3 Å². The predicted molar refractivity (Wildman–Crippen MR) is 53.1 cm³/mol. The molecule has 3 nitrogen and oxygen atoms in total. The molecule has 0 aromatic carbocycles. The molecule has 0 radical (unpaired) electrons. The quantitative estimate of drug-likeness (QED) is 0.660. The first kappa shape index (κ1) is 12.2. The summed E-state index contributed by atoms with van der Waals surface area (Å²) in [6, 6.07) is 0.883. The zero-order valence-corrected chi connectivity index (χ0v) is 9.59. The van der Waals surface area contributed by atoms with Crippen LogP contribution in [0.2, 0.25) is 17.6 Å². The summed E-state index contributed by atoms with van der Waals surface area (Å²) >= 11 is 0. The Labute approximate surface area is 76.1 Å². The Morgan fingerprint density at radius 1 is 1.33 bits per heavy atom. The summed E-state index contributed by atoms with van der Waals surface area (Å²) in [5, 5.41) is 17.5. The van der Waals surface area contributed by atoms with Crippen LogP contribution < -0.4 is 0 Å². The average Bonchev–Trinajstić information content (AvgIpc) is 1.83. The van der Waals surface area contributed by atoms with Gasteiger partial charge in [-0.25, -0.2) is 0 Å². The van der Waals surface area contributed by atoms with Crippen LogP contribution in [0.25, 0.3) is 0 Å². The summed E-state index contributed by atoms with van der Waals surface area (Å²) in [4.78, 5) is 0. The van der Waals surface area contributed by atoms with E-state index in [0.29, 0.717) is 0 Å². The lowest BCUT2D eigenvalue weighted by Gasteiger charge is -2.38. The molecule has 0 spiro atoms. The molecule has 0 aliphatic heterocycles. The zero-order chi connectivity index (χ0) is 9.99. The fraction of sp³-hybridized carbons (Fsp3) is 1.00. The standard InChI is InChI=1S/C7H19BO3Si/c1-6-12(5,7(2,3)4)11-8(9)10/h9-10H,6H2,1-5H3. The van der Waals surface area contributed by atoms with E-state index in [4.69, 9.17) is 14.4 Å². The van der Waals surface area contributed by atoms with E-state index >= 15 is 0 Å². The van der Waals surface area contributed by atoms with E-state index in [-0.39, 0.29) is 5.04 Å². The normalized spacial score (nSPS) is 17.2. The highest BCUT2D eigenvalue weighted by atomic mass is 28.4. The largest absolute Gasteiger partial charge is 0.623 e. The molecule has 0 saturated carbocycles. The van der Waals surface area contributed by atoms with E-state index < -0.39 is 15.6 Å². The van der Waals surface area contributed by atoms with Gasteiger partial charge >= 0.3 is 7.32 Å². The minimum Gasteiger partial charge on any atom is -0.428 e. The van der Waals surface area contributed by atoms with Crippen LogP contribution >= 0.6 is 0 Å².